The Bertz CT molecular complexity index is 675. The number of aromatic amines is 1. The number of anilines is 1. The minimum Gasteiger partial charge on any atom is -0.356 e. The average molecular weight is 285 g/mol. The fourth-order valence-corrected chi connectivity index (χ4v) is 2.20. The zero-order valence-electron chi connectivity index (χ0n) is 12.0. The smallest absolute Gasteiger partial charge is 0.242 e. The molecule has 21 heavy (non-hydrogen) atoms. The van der Waals surface area contributed by atoms with Gasteiger partial charge in [0.15, 0.2) is 5.65 Å². The van der Waals surface area contributed by atoms with Crippen LogP contribution < -0.4 is 10.6 Å². The summed E-state index contributed by atoms with van der Waals surface area (Å²) in [5.74, 6) is 0.615. The molecule has 4 rings (SSSR count). The lowest BCUT2D eigenvalue weighted by Crippen LogP contribution is -2.03. The van der Waals surface area contributed by atoms with Crippen LogP contribution in [0.2, 0.25) is 0 Å². The number of H-pyrrole nitrogens is 1. The monoisotopic (exact) mass is 285 g/mol. The number of nitrogens with zero attached hydrogens (tertiary/aromatic N) is 4. The molecular weight excluding hydrogens is 266 g/mol. The molecule has 4 heterocycles. The van der Waals surface area contributed by atoms with Gasteiger partial charge in [0.05, 0.1) is 6.20 Å². The lowest BCUT2D eigenvalue weighted by atomic mass is 10.1. The Morgan fingerprint density at radius 2 is 2.10 bits per heavy atom. The van der Waals surface area contributed by atoms with E-state index in [1.807, 2.05) is 24.5 Å². The van der Waals surface area contributed by atoms with E-state index in [1.165, 1.54) is 25.9 Å². The molecular formula is C14H19N7. The lowest BCUT2D eigenvalue weighted by Gasteiger charge is -1.96. The predicted octanol–water partition coefficient (Wildman–Crippen LogP) is 1.53. The maximum Gasteiger partial charge on any atom is 0.242 e. The van der Waals surface area contributed by atoms with Gasteiger partial charge in [-0.1, -0.05) is 0 Å². The third-order valence-electron chi connectivity index (χ3n) is 3.35. The molecule has 0 radical (unpaired) electrons. The van der Waals surface area contributed by atoms with E-state index < -0.39 is 0 Å². The number of aromatic nitrogens is 5. The van der Waals surface area contributed by atoms with Gasteiger partial charge in [-0.15, -0.1) is 5.10 Å². The summed E-state index contributed by atoms with van der Waals surface area (Å²) in [5.41, 5.74) is 2.91. The van der Waals surface area contributed by atoms with Crippen LogP contribution in [0.5, 0.6) is 0 Å². The van der Waals surface area contributed by atoms with E-state index in [2.05, 4.69) is 30.9 Å². The molecule has 1 fully saturated rings. The van der Waals surface area contributed by atoms with Crippen LogP contribution in [-0.2, 0) is 0 Å². The SMILES string of the molecule is C1CCNC1.CNc1nc2cc(-c3cn[nH]c3)ccn2n1. The van der Waals surface area contributed by atoms with Crippen LogP contribution in [0.25, 0.3) is 16.8 Å². The number of fused-ring (bicyclic) bond motifs is 1. The highest BCUT2D eigenvalue weighted by Gasteiger charge is 2.04. The van der Waals surface area contributed by atoms with Gasteiger partial charge >= 0.3 is 0 Å². The van der Waals surface area contributed by atoms with Crippen molar-refractivity contribution in [1.82, 2.24) is 30.1 Å². The summed E-state index contributed by atoms with van der Waals surface area (Å²) in [4.78, 5) is 4.31. The molecule has 1 aliphatic rings. The van der Waals surface area contributed by atoms with E-state index in [-0.39, 0.29) is 0 Å². The molecule has 0 bridgehead atoms. The van der Waals surface area contributed by atoms with Crippen LogP contribution in [0.4, 0.5) is 5.95 Å². The summed E-state index contributed by atoms with van der Waals surface area (Å²) >= 11 is 0. The van der Waals surface area contributed by atoms with Gasteiger partial charge in [0, 0.05) is 25.0 Å². The van der Waals surface area contributed by atoms with Gasteiger partial charge in [-0.05, 0) is 43.6 Å². The number of nitrogens with one attached hydrogen (secondary N) is 3. The topological polar surface area (TPSA) is 82.9 Å². The molecule has 3 aromatic rings. The molecule has 7 heteroatoms. The van der Waals surface area contributed by atoms with Gasteiger partial charge in [-0.25, -0.2) is 4.52 Å². The lowest BCUT2D eigenvalue weighted by molar-refractivity contribution is 0.857. The first kappa shape index (κ1) is 13.6. The summed E-state index contributed by atoms with van der Waals surface area (Å²) in [5, 5.41) is 17.1. The van der Waals surface area contributed by atoms with E-state index in [0.29, 0.717) is 5.95 Å². The molecule has 110 valence electrons. The number of hydrogen-bond acceptors (Lipinski definition) is 5. The molecule has 0 amide bonds. The Balaban J connectivity index is 0.000000225. The third-order valence-corrected chi connectivity index (χ3v) is 3.35. The first-order chi connectivity index (χ1) is 10.4. The third kappa shape index (κ3) is 3.19. The van der Waals surface area contributed by atoms with Gasteiger partial charge in [-0.3, -0.25) is 5.10 Å². The summed E-state index contributed by atoms with van der Waals surface area (Å²) in [6.45, 7) is 2.50. The number of pyridine rings is 1. The van der Waals surface area contributed by atoms with Gasteiger partial charge < -0.3 is 10.6 Å². The van der Waals surface area contributed by atoms with Crippen molar-refractivity contribution >= 4 is 11.6 Å². The first-order valence-electron chi connectivity index (χ1n) is 7.11. The van der Waals surface area contributed by atoms with Crippen molar-refractivity contribution in [3.63, 3.8) is 0 Å². The highest BCUT2D eigenvalue weighted by molar-refractivity contribution is 5.66. The molecule has 3 aromatic heterocycles. The van der Waals surface area contributed by atoms with E-state index in [9.17, 15) is 0 Å². The van der Waals surface area contributed by atoms with E-state index in [4.69, 9.17) is 0 Å². The van der Waals surface area contributed by atoms with E-state index in [1.54, 1.807) is 17.8 Å². The fraction of sp³-hybridized carbons (Fsp3) is 0.357. The summed E-state index contributed by atoms with van der Waals surface area (Å²) in [6, 6.07) is 3.95. The van der Waals surface area contributed by atoms with E-state index >= 15 is 0 Å². The number of hydrogen-bond donors (Lipinski definition) is 3. The molecule has 7 nitrogen and oxygen atoms in total. The quantitative estimate of drug-likeness (QED) is 0.665. The Morgan fingerprint density at radius 1 is 1.24 bits per heavy atom. The Kier molecular flexibility index (Phi) is 4.11. The Morgan fingerprint density at radius 3 is 2.71 bits per heavy atom. The molecule has 1 aliphatic heterocycles. The average Bonchev–Trinajstić information content (AvgIpc) is 3.28. The van der Waals surface area contributed by atoms with Crippen molar-refractivity contribution in [3.8, 4) is 11.1 Å². The van der Waals surface area contributed by atoms with Crippen LogP contribution >= 0.6 is 0 Å². The van der Waals surface area contributed by atoms with Gasteiger partial charge in [-0.2, -0.15) is 10.1 Å². The second kappa shape index (κ2) is 6.36. The highest BCUT2D eigenvalue weighted by Crippen LogP contribution is 2.19. The second-order valence-electron chi connectivity index (χ2n) is 4.85. The molecule has 3 N–H and O–H groups in total. The molecule has 1 saturated heterocycles. The van der Waals surface area contributed by atoms with Crippen molar-refractivity contribution in [1.29, 1.82) is 0 Å². The zero-order chi connectivity index (χ0) is 14.5. The molecule has 0 unspecified atom stereocenters. The molecule has 0 spiro atoms. The predicted molar refractivity (Wildman–Crippen MR) is 82.2 cm³/mol. The van der Waals surface area contributed by atoms with Crippen molar-refractivity contribution < 1.29 is 0 Å². The maximum atomic E-state index is 4.31. The van der Waals surface area contributed by atoms with Crippen LogP contribution in [0.3, 0.4) is 0 Å². The molecule has 0 aromatic carbocycles. The highest BCUT2D eigenvalue weighted by atomic mass is 15.3. The fourth-order valence-electron chi connectivity index (χ4n) is 2.20. The van der Waals surface area contributed by atoms with Gasteiger partial charge in [0.25, 0.3) is 0 Å². The summed E-state index contributed by atoms with van der Waals surface area (Å²) in [6.07, 6.45) is 8.29. The Labute approximate surface area is 122 Å². The van der Waals surface area contributed by atoms with Crippen molar-refractivity contribution in [2.24, 2.45) is 0 Å². The molecule has 0 saturated carbocycles. The van der Waals surface area contributed by atoms with Crippen LogP contribution in [-0.4, -0.2) is 44.9 Å². The van der Waals surface area contributed by atoms with Crippen LogP contribution in [0.15, 0.2) is 30.7 Å². The maximum absolute atomic E-state index is 4.31. The first-order valence-corrected chi connectivity index (χ1v) is 7.11. The normalized spacial score (nSPS) is 14.0. The van der Waals surface area contributed by atoms with Crippen molar-refractivity contribution in [2.75, 3.05) is 25.5 Å². The largest absolute Gasteiger partial charge is 0.356 e. The standard InChI is InChI=1S/C10H10N6.C4H9N/c1-11-10-14-9-4-7(2-3-16(9)15-10)8-5-12-13-6-8;1-2-4-5-3-1/h2-6H,1H3,(H,11,15)(H,12,13);5H,1-4H2. The molecule has 0 aliphatic carbocycles. The Hall–Kier alpha value is -2.41. The minimum atomic E-state index is 0.615. The van der Waals surface area contributed by atoms with E-state index in [0.717, 1.165) is 16.8 Å². The second-order valence-corrected chi connectivity index (χ2v) is 4.85. The summed E-state index contributed by atoms with van der Waals surface area (Å²) in [7, 11) is 1.80. The van der Waals surface area contributed by atoms with Crippen molar-refractivity contribution in [2.45, 2.75) is 12.8 Å². The van der Waals surface area contributed by atoms with Gasteiger partial charge in [0.1, 0.15) is 0 Å². The van der Waals surface area contributed by atoms with Crippen molar-refractivity contribution in [3.05, 3.63) is 30.7 Å². The van der Waals surface area contributed by atoms with Crippen LogP contribution in [0.1, 0.15) is 12.8 Å². The zero-order valence-corrected chi connectivity index (χ0v) is 12.0. The number of rotatable bonds is 2. The van der Waals surface area contributed by atoms with Crippen LogP contribution in [0, 0.1) is 0 Å². The summed E-state index contributed by atoms with van der Waals surface area (Å²) < 4.78 is 1.73. The molecule has 0 atom stereocenters. The minimum absolute atomic E-state index is 0.615. The van der Waals surface area contributed by atoms with Gasteiger partial charge in [0.2, 0.25) is 5.95 Å².